The molecule has 112 valence electrons. The molecule has 0 saturated carbocycles. The molecule has 2 aromatic rings. The molecule has 0 aliphatic rings. The standard InChI is InChI=1S/C19H26N2/c1-14-9-15(2)11-18(10-14)19(12-20)21(4)13-17-8-6-5-7-16(17)3/h5-11,19H,12-13,20H2,1-4H3. The Labute approximate surface area is 128 Å². The highest BCUT2D eigenvalue weighted by Gasteiger charge is 2.16. The number of likely N-dealkylation sites (N-methyl/N-ethyl adjacent to an activating group) is 1. The molecule has 0 aliphatic heterocycles. The summed E-state index contributed by atoms with van der Waals surface area (Å²) in [5.41, 5.74) is 12.7. The normalized spacial score (nSPS) is 12.7. The van der Waals surface area contributed by atoms with Gasteiger partial charge in [-0.25, -0.2) is 0 Å². The number of hydrogen-bond donors (Lipinski definition) is 1. The highest BCUT2D eigenvalue weighted by Crippen LogP contribution is 2.23. The summed E-state index contributed by atoms with van der Waals surface area (Å²) in [4.78, 5) is 2.34. The fourth-order valence-electron chi connectivity index (χ4n) is 2.94. The summed E-state index contributed by atoms with van der Waals surface area (Å²) in [5, 5.41) is 0. The van der Waals surface area contributed by atoms with E-state index < -0.39 is 0 Å². The molecule has 0 bridgehead atoms. The van der Waals surface area contributed by atoms with Crippen LogP contribution < -0.4 is 5.73 Å². The molecule has 2 nitrogen and oxygen atoms in total. The highest BCUT2D eigenvalue weighted by molar-refractivity contribution is 5.31. The van der Waals surface area contributed by atoms with Gasteiger partial charge in [0.15, 0.2) is 0 Å². The van der Waals surface area contributed by atoms with Crippen molar-refractivity contribution in [3.63, 3.8) is 0 Å². The molecule has 0 saturated heterocycles. The van der Waals surface area contributed by atoms with Crippen LogP contribution in [-0.4, -0.2) is 18.5 Å². The SMILES string of the molecule is Cc1cc(C)cc(C(CN)N(C)Cc2ccccc2C)c1. The molecule has 1 atom stereocenters. The smallest absolute Gasteiger partial charge is 0.0471 e. The van der Waals surface area contributed by atoms with E-state index in [4.69, 9.17) is 5.73 Å². The maximum absolute atomic E-state index is 6.06. The fourth-order valence-corrected chi connectivity index (χ4v) is 2.94. The van der Waals surface area contributed by atoms with E-state index >= 15 is 0 Å². The van der Waals surface area contributed by atoms with Crippen molar-refractivity contribution in [1.29, 1.82) is 0 Å². The van der Waals surface area contributed by atoms with Crippen molar-refractivity contribution in [2.75, 3.05) is 13.6 Å². The third kappa shape index (κ3) is 3.93. The lowest BCUT2D eigenvalue weighted by Crippen LogP contribution is -2.30. The summed E-state index contributed by atoms with van der Waals surface area (Å²) in [6.45, 7) is 8.00. The van der Waals surface area contributed by atoms with Gasteiger partial charge in [-0.1, -0.05) is 53.6 Å². The largest absolute Gasteiger partial charge is 0.329 e. The van der Waals surface area contributed by atoms with Gasteiger partial charge in [0.1, 0.15) is 0 Å². The number of rotatable bonds is 5. The Balaban J connectivity index is 2.22. The van der Waals surface area contributed by atoms with E-state index in [0.29, 0.717) is 6.54 Å². The zero-order chi connectivity index (χ0) is 15.4. The summed E-state index contributed by atoms with van der Waals surface area (Å²) in [6, 6.07) is 15.5. The van der Waals surface area contributed by atoms with Crippen LogP contribution in [0.2, 0.25) is 0 Å². The maximum Gasteiger partial charge on any atom is 0.0471 e. The number of hydrogen-bond acceptors (Lipinski definition) is 2. The molecular weight excluding hydrogens is 256 g/mol. The van der Waals surface area contributed by atoms with Gasteiger partial charge < -0.3 is 5.73 Å². The second-order valence-electron chi connectivity index (χ2n) is 6.01. The van der Waals surface area contributed by atoms with E-state index in [9.17, 15) is 0 Å². The molecule has 0 fully saturated rings. The second-order valence-corrected chi connectivity index (χ2v) is 6.01. The monoisotopic (exact) mass is 282 g/mol. The summed E-state index contributed by atoms with van der Waals surface area (Å²) in [5.74, 6) is 0. The lowest BCUT2D eigenvalue weighted by atomic mass is 9.99. The molecule has 2 heteroatoms. The van der Waals surface area contributed by atoms with Crippen molar-refractivity contribution >= 4 is 0 Å². The number of benzene rings is 2. The zero-order valence-electron chi connectivity index (χ0n) is 13.6. The van der Waals surface area contributed by atoms with Gasteiger partial charge in [0.25, 0.3) is 0 Å². The Kier molecular flexibility index (Phi) is 5.16. The number of nitrogens with two attached hydrogens (primary N) is 1. The molecule has 0 aromatic heterocycles. The second kappa shape index (κ2) is 6.88. The summed E-state index contributed by atoms with van der Waals surface area (Å²) >= 11 is 0. The van der Waals surface area contributed by atoms with E-state index in [1.165, 1.54) is 27.8 Å². The first kappa shape index (κ1) is 15.7. The lowest BCUT2D eigenvalue weighted by molar-refractivity contribution is 0.241. The van der Waals surface area contributed by atoms with Crippen LogP contribution in [0.3, 0.4) is 0 Å². The molecule has 2 aromatic carbocycles. The van der Waals surface area contributed by atoms with Gasteiger partial charge in [-0.3, -0.25) is 4.90 Å². The first-order valence-corrected chi connectivity index (χ1v) is 7.54. The van der Waals surface area contributed by atoms with E-state index in [-0.39, 0.29) is 6.04 Å². The predicted octanol–water partition coefficient (Wildman–Crippen LogP) is 3.74. The Morgan fingerprint density at radius 3 is 2.19 bits per heavy atom. The molecule has 0 aliphatic carbocycles. The molecule has 0 heterocycles. The van der Waals surface area contributed by atoms with Crippen LogP contribution >= 0.6 is 0 Å². The Bertz CT molecular complexity index is 584. The van der Waals surface area contributed by atoms with Crippen molar-refractivity contribution in [2.45, 2.75) is 33.4 Å². The number of aryl methyl sites for hydroxylation is 3. The Hall–Kier alpha value is -1.64. The van der Waals surface area contributed by atoms with E-state index in [1.807, 2.05) is 0 Å². The van der Waals surface area contributed by atoms with E-state index in [0.717, 1.165) is 6.54 Å². The van der Waals surface area contributed by atoms with Crippen molar-refractivity contribution in [2.24, 2.45) is 5.73 Å². The summed E-state index contributed by atoms with van der Waals surface area (Å²) < 4.78 is 0. The molecule has 2 N–H and O–H groups in total. The van der Waals surface area contributed by atoms with Gasteiger partial charge in [0.2, 0.25) is 0 Å². The molecule has 0 radical (unpaired) electrons. The van der Waals surface area contributed by atoms with Gasteiger partial charge in [-0.15, -0.1) is 0 Å². The van der Waals surface area contributed by atoms with Crippen LogP contribution in [0.15, 0.2) is 42.5 Å². The van der Waals surface area contributed by atoms with Crippen LogP contribution in [0.25, 0.3) is 0 Å². The highest BCUT2D eigenvalue weighted by atomic mass is 15.1. The van der Waals surface area contributed by atoms with Crippen LogP contribution in [0.4, 0.5) is 0 Å². The lowest BCUT2D eigenvalue weighted by Gasteiger charge is -2.28. The molecule has 0 spiro atoms. The average molecular weight is 282 g/mol. The molecule has 1 unspecified atom stereocenters. The van der Waals surface area contributed by atoms with Crippen LogP contribution in [0, 0.1) is 20.8 Å². The zero-order valence-corrected chi connectivity index (χ0v) is 13.6. The molecule has 0 amide bonds. The van der Waals surface area contributed by atoms with Crippen molar-refractivity contribution in [3.05, 3.63) is 70.3 Å². The van der Waals surface area contributed by atoms with Crippen molar-refractivity contribution in [1.82, 2.24) is 4.90 Å². The molecular formula is C19H26N2. The van der Waals surface area contributed by atoms with Crippen LogP contribution in [0.1, 0.15) is 33.9 Å². The quantitative estimate of drug-likeness (QED) is 0.905. The average Bonchev–Trinajstić information content (AvgIpc) is 2.41. The third-order valence-corrected chi connectivity index (χ3v) is 4.07. The Morgan fingerprint density at radius 1 is 1.00 bits per heavy atom. The van der Waals surface area contributed by atoms with Gasteiger partial charge in [-0.2, -0.15) is 0 Å². The minimum Gasteiger partial charge on any atom is -0.329 e. The van der Waals surface area contributed by atoms with Crippen molar-refractivity contribution in [3.8, 4) is 0 Å². The minimum absolute atomic E-state index is 0.253. The third-order valence-electron chi connectivity index (χ3n) is 4.07. The topological polar surface area (TPSA) is 29.3 Å². The fraction of sp³-hybridized carbons (Fsp3) is 0.368. The van der Waals surface area contributed by atoms with Gasteiger partial charge >= 0.3 is 0 Å². The van der Waals surface area contributed by atoms with Gasteiger partial charge in [0, 0.05) is 19.1 Å². The number of nitrogens with zero attached hydrogens (tertiary/aromatic N) is 1. The minimum atomic E-state index is 0.253. The maximum atomic E-state index is 6.06. The summed E-state index contributed by atoms with van der Waals surface area (Å²) in [7, 11) is 2.15. The van der Waals surface area contributed by atoms with E-state index in [2.05, 4.69) is 75.2 Å². The molecule has 21 heavy (non-hydrogen) atoms. The van der Waals surface area contributed by atoms with Gasteiger partial charge in [0.05, 0.1) is 0 Å². The van der Waals surface area contributed by atoms with Crippen LogP contribution in [-0.2, 0) is 6.54 Å². The first-order valence-electron chi connectivity index (χ1n) is 7.54. The predicted molar refractivity (Wildman–Crippen MR) is 90.4 cm³/mol. The first-order chi connectivity index (χ1) is 10.0. The van der Waals surface area contributed by atoms with E-state index in [1.54, 1.807) is 0 Å². The molecule has 2 rings (SSSR count). The van der Waals surface area contributed by atoms with Crippen molar-refractivity contribution < 1.29 is 0 Å². The van der Waals surface area contributed by atoms with Crippen LogP contribution in [0.5, 0.6) is 0 Å². The summed E-state index contributed by atoms with van der Waals surface area (Å²) in [6.07, 6.45) is 0. The van der Waals surface area contributed by atoms with Gasteiger partial charge in [-0.05, 0) is 44.5 Å². The Morgan fingerprint density at radius 2 is 1.62 bits per heavy atom.